The first-order valence-electron chi connectivity index (χ1n) is 7.96. The van der Waals surface area contributed by atoms with E-state index >= 15 is 0 Å². The molecule has 3 rings (SSSR count). The van der Waals surface area contributed by atoms with E-state index in [9.17, 15) is 4.39 Å². The third-order valence-corrected chi connectivity index (χ3v) is 3.93. The number of rotatable bonds is 4. The van der Waals surface area contributed by atoms with Crippen LogP contribution in [-0.4, -0.2) is 15.7 Å². The van der Waals surface area contributed by atoms with Crippen LogP contribution in [0.2, 0.25) is 0 Å². The Kier molecular flexibility index (Phi) is 6.73. The fourth-order valence-corrected chi connectivity index (χ4v) is 2.36. The Labute approximate surface area is 169 Å². The number of hydrogen-bond acceptors (Lipinski definition) is 2. The predicted molar refractivity (Wildman–Crippen MR) is 114 cm³/mol. The standard InChI is InChI=1S/C19H20FN5.HI/c1-13-3-6-16(11-14(13)2)23-19(21)22-12-17-9-10-25(24-17)18-7-4-15(20)5-8-18;/h3-11H,12H2,1-2H3,(H3,21,22,23);1H. The van der Waals surface area contributed by atoms with Crippen molar-refractivity contribution in [2.24, 2.45) is 10.7 Å². The fraction of sp³-hybridized carbons (Fsp3) is 0.158. The van der Waals surface area contributed by atoms with Gasteiger partial charge in [-0.15, -0.1) is 24.0 Å². The van der Waals surface area contributed by atoms with E-state index in [1.54, 1.807) is 16.8 Å². The molecule has 0 radical (unpaired) electrons. The van der Waals surface area contributed by atoms with Gasteiger partial charge in [0, 0.05) is 11.9 Å². The van der Waals surface area contributed by atoms with Crippen LogP contribution in [0.4, 0.5) is 10.1 Å². The van der Waals surface area contributed by atoms with Crippen LogP contribution in [0.5, 0.6) is 0 Å². The van der Waals surface area contributed by atoms with Crippen molar-refractivity contribution in [1.29, 1.82) is 0 Å². The highest BCUT2D eigenvalue weighted by molar-refractivity contribution is 14.0. The number of nitrogens with one attached hydrogen (secondary N) is 1. The molecule has 0 spiro atoms. The summed E-state index contributed by atoms with van der Waals surface area (Å²) in [6, 6.07) is 14.0. The first kappa shape index (κ1) is 19.9. The zero-order chi connectivity index (χ0) is 17.8. The van der Waals surface area contributed by atoms with Gasteiger partial charge in [0.2, 0.25) is 0 Å². The number of aromatic nitrogens is 2. The maximum atomic E-state index is 13.0. The van der Waals surface area contributed by atoms with Gasteiger partial charge in [-0.05, 0) is 67.4 Å². The number of guanidine groups is 1. The monoisotopic (exact) mass is 465 g/mol. The summed E-state index contributed by atoms with van der Waals surface area (Å²) in [5.74, 6) is 0.0607. The summed E-state index contributed by atoms with van der Waals surface area (Å²) >= 11 is 0. The zero-order valence-corrected chi connectivity index (χ0v) is 16.9. The molecule has 136 valence electrons. The van der Waals surface area contributed by atoms with Gasteiger partial charge in [0.15, 0.2) is 5.96 Å². The van der Waals surface area contributed by atoms with Crippen LogP contribution < -0.4 is 11.1 Å². The van der Waals surface area contributed by atoms with Gasteiger partial charge in [0.25, 0.3) is 0 Å². The van der Waals surface area contributed by atoms with Crippen molar-refractivity contribution in [3.63, 3.8) is 0 Å². The lowest BCUT2D eigenvalue weighted by Crippen LogP contribution is -2.22. The largest absolute Gasteiger partial charge is 0.370 e. The summed E-state index contributed by atoms with van der Waals surface area (Å²) in [6.07, 6.45) is 1.81. The van der Waals surface area contributed by atoms with Crippen LogP contribution in [-0.2, 0) is 6.54 Å². The lowest BCUT2D eigenvalue weighted by atomic mass is 10.1. The zero-order valence-electron chi connectivity index (χ0n) is 14.6. The van der Waals surface area contributed by atoms with Crippen LogP contribution in [0, 0.1) is 19.7 Å². The molecule has 0 aliphatic carbocycles. The van der Waals surface area contributed by atoms with E-state index in [4.69, 9.17) is 5.73 Å². The summed E-state index contributed by atoms with van der Waals surface area (Å²) in [4.78, 5) is 4.31. The number of aryl methyl sites for hydroxylation is 2. The SMILES string of the molecule is Cc1ccc(NC(N)=NCc2ccn(-c3ccc(F)cc3)n2)cc1C.I. The van der Waals surface area contributed by atoms with Crippen molar-refractivity contribution in [3.8, 4) is 5.69 Å². The normalized spacial score (nSPS) is 11.1. The summed E-state index contributed by atoms with van der Waals surface area (Å²) in [5, 5.41) is 7.50. The quantitative estimate of drug-likeness (QED) is 0.345. The van der Waals surface area contributed by atoms with Gasteiger partial charge in [0.1, 0.15) is 5.82 Å². The van der Waals surface area contributed by atoms with Crippen LogP contribution >= 0.6 is 24.0 Å². The number of nitrogens with zero attached hydrogens (tertiary/aromatic N) is 3. The molecular weight excluding hydrogens is 444 g/mol. The molecule has 1 heterocycles. The minimum atomic E-state index is -0.272. The number of aliphatic imine (C=N–C) groups is 1. The van der Waals surface area contributed by atoms with Gasteiger partial charge in [-0.25, -0.2) is 14.1 Å². The maximum Gasteiger partial charge on any atom is 0.193 e. The van der Waals surface area contributed by atoms with Crippen molar-refractivity contribution in [2.75, 3.05) is 5.32 Å². The molecule has 0 saturated heterocycles. The highest BCUT2D eigenvalue weighted by Crippen LogP contribution is 2.14. The second-order valence-electron chi connectivity index (χ2n) is 5.85. The van der Waals surface area contributed by atoms with Crippen molar-refractivity contribution < 1.29 is 4.39 Å². The molecule has 2 aromatic carbocycles. The Hall–Kier alpha value is -2.42. The molecule has 0 aliphatic rings. The minimum Gasteiger partial charge on any atom is -0.370 e. The molecular formula is C19H21FIN5. The molecule has 7 heteroatoms. The number of hydrogen-bond donors (Lipinski definition) is 2. The number of anilines is 1. The Morgan fingerprint density at radius 1 is 1.12 bits per heavy atom. The smallest absolute Gasteiger partial charge is 0.193 e. The van der Waals surface area contributed by atoms with E-state index in [0.717, 1.165) is 17.1 Å². The summed E-state index contributed by atoms with van der Waals surface area (Å²) in [5.41, 5.74) is 10.8. The predicted octanol–water partition coefficient (Wildman–Crippen LogP) is 4.17. The van der Waals surface area contributed by atoms with Crippen molar-refractivity contribution in [2.45, 2.75) is 20.4 Å². The van der Waals surface area contributed by atoms with Crippen molar-refractivity contribution in [3.05, 3.63) is 77.4 Å². The number of nitrogens with two attached hydrogens (primary N) is 1. The van der Waals surface area contributed by atoms with Crippen LogP contribution in [0.1, 0.15) is 16.8 Å². The molecule has 3 aromatic rings. The minimum absolute atomic E-state index is 0. The fourth-order valence-electron chi connectivity index (χ4n) is 2.36. The third-order valence-electron chi connectivity index (χ3n) is 3.93. The Balaban J connectivity index is 0.00000243. The van der Waals surface area contributed by atoms with Gasteiger partial charge in [0.05, 0.1) is 17.9 Å². The summed E-state index contributed by atoms with van der Waals surface area (Å²) in [6.45, 7) is 4.47. The summed E-state index contributed by atoms with van der Waals surface area (Å²) in [7, 11) is 0. The average molecular weight is 465 g/mol. The molecule has 0 aliphatic heterocycles. The lowest BCUT2D eigenvalue weighted by molar-refractivity contribution is 0.627. The second kappa shape index (κ2) is 8.79. The van der Waals surface area contributed by atoms with Gasteiger partial charge in [-0.1, -0.05) is 6.07 Å². The van der Waals surface area contributed by atoms with Crippen LogP contribution in [0.15, 0.2) is 59.7 Å². The first-order chi connectivity index (χ1) is 12.0. The Morgan fingerprint density at radius 2 is 1.85 bits per heavy atom. The second-order valence-corrected chi connectivity index (χ2v) is 5.85. The van der Waals surface area contributed by atoms with E-state index in [1.165, 1.54) is 23.3 Å². The molecule has 0 fully saturated rings. The highest BCUT2D eigenvalue weighted by Gasteiger charge is 2.02. The van der Waals surface area contributed by atoms with Crippen LogP contribution in [0.25, 0.3) is 5.69 Å². The highest BCUT2D eigenvalue weighted by atomic mass is 127. The summed E-state index contributed by atoms with van der Waals surface area (Å²) < 4.78 is 14.7. The Morgan fingerprint density at radius 3 is 2.54 bits per heavy atom. The van der Waals surface area contributed by atoms with Crippen molar-refractivity contribution in [1.82, 2.24) is 9.78 Å². The van der Waals surface area contributed by atoms with Crippen LogP contribution in [0.3, 0.4) is 0 Å². The van der Waals surface area contributed by atoms with Gasteiger partial charge in [-0.3, -0.25) is 0 Å². The lowest BCUT2D eigenvalue weighted by Gasteiger charge is -2.07. The molecule has 0 amide bonds. The average Bonchev–Trinajstić information content (AvgIpc) is 3.06. The van der Waals surface area contributed by atoms with E-state index in [0.29, 0.717) is 12.5 Å². The molecule has 0 bridgehead atoms. The topological polar surface area (TPSA) is 68.2 Å². The Bertz CT molecular complexity index is 903. The molecule has 1 aromatic heterocycles. The number of benzene rings is 2. The molecule has 3 N–H and O–H groups in total. The van der Waals surface area contributed by atoms with Gasteiger partial charge >= 0.3 is 0 Å². The first-order valence-corrected chi connectivity index (χ1v) is 7.96. The molecule has 5 nitrogen and oxygen atoms in total. The van der Waals surface area contributed by atoms with Crippen molar-refractivity contribution >= 4 is 35.6 Å². The third kappa shape index (κ3) is 5.04. The van der Waals surface area contributed by atoms with E-state index in [-0.39, 0.29) is 29.8 Å². The maximum absolute atomic E-state index is 13.0. The molecule has 0 saturated carbocycles. The van der Waals surface area contributed by atoms with E-state index < -0.39 is 0 Å². The van der Waals surface area contributed by atoms with E-state index in [2.05, 4.69) is 29.3 Å². The van der Waals surface area contributed by atoms with Gasteiger partial charge in [-0.2, -0.15) is 5.10 Å². The molecule has 0 atom stereocenters. The van der Waals surface area contributed by atoms with E-state index in [1.807, 2.05) is 30.5 Å². The molecule has 0 unspecified atom stereocenters. The number of halogens is 2. The molecule has 26 heavy (non-hydrogen) atoms. The van der Waals surface area contributed by atoms with Gasteiger partial charge < -0.3 is 11.1 Å².